The number of carbonyl (C=O) groups excluding carboxylic acids is 1. The molecule has 0 fully saturated rings. The van der Waals surface area contributed by atoms with Crippen LogP contribution in [0.2, 0.25) is 0 Å². The molecule has 0 aliphatic carbocycles. The topological polar surface area (TPSA) is 106 Å². The second-order valence-corrected chi connectivity index (χ2v) is 6.84. The van der Waals surface area contributed by atoms with Crippen LogP contribution in [0.4, 0.5) is 0 Å². The molecular weight excluding hydrogens is 346 g/mol. The highest BCUT2D eigenvalue weighted by atomic mass is 32.2. The molecule has 8 nitrogen and oxygen atoms in total. The van der Waals surface area contributed by atoms with Crippen molar-refractivity contribution in [1.82, 2.24) is 10.0 Å². The molecule has 0 bridgehead atoms. The van der Waals surface area contributed by atoms with E-state index in [4.69, 9.17) is 9.47 Å². The van der Waals surface area contributed by atoms with Gasteiger partial charge in [0.25, 0.3) is 0 Å². The van der Waals surface area contributed by atoms with Crippen LogP contribution in [0.3, 0.4) is 0 Å². The summed E-state index contributed by atoms with van der Waals surface area (Å²) in [5.74, 6) is 0.955. The first-order chi connectivity index (χ1) is 11.8. The average Bonchev–Trinajstić information content (AvgIpc) is 2.55. The van der Waals surface area contributed by atoms with Crippen LogP contribution < -0.4 is 19.5 Å². The highest BCUT2D eigenvalue weighted by Crippen LogP contribution is 2.27. The smallest absolute Gasteiger partial charge is 0.342 e. The van der Waals surface area contributed by atoms with Crippen LogP contribution in [0.15, 0.2) is 33.9 Å². The maximum Gasteiger partial charge on any atom is 0.342 e. The normalized spacial score (nSPS) is 15.9. The van der Waals surface area contributed by atoms with Gasteiger partial charge in [-0.2, -0.15) is 8.42 Å². The van der Waals surface area contributed by atoms with Crippen molar-refractivity contribution in [3.63, 3.8) is 0 Å². The monoisotopic (exact) mass is 367 g/mol. The Bertz CT molecular complexity index is 843. The lowest BCUT2D eigenvalue weighted by Gasteiger charge is -2.18. The first-order valence-corrected chi connectivity index (χ1v) is 8.96. The minimum absolute atomic E-state index is 0.0387. The van der Waals surface area contributed by atoms with Crippen LogP contribution in [0.5, 0.6) is 11.5 Å². The second kappa shape index (κ2) is 7.56. The minimum atomic E-state index is -3.70. The number of nitrogens with zero attached hydrogens (tertiary/aromatic N) is 1. The van der Waals surface area contributed by atoms with Gasteiger partial charge in [0.1, 0.15) is 0 Å². The third-order valence-corrected chi connectivity index (χ3v) is 4.78. The standard InChI is InChI=1S/C16H21N3O5S/c1-10-13(11(2)19-25(21,22)18-10)8-16(20)17-9-12-5-6-14(23-3)15(7-12)24-4/h5-7,18H,8-9H2,1-4H3,(H,17,20). The number of ether oxygens (including phenoxy) is 2. The van der Waals surface area contributed by atoms with Gasteiger partial charge >= 0.3 is 10.2 Å². The van der Waals surface area contributed by atoms with E-state index >= 15 is 0 Å². The summed E-state index contributed by atoms with van der Waals surface area (Å²) in [4.78, 5) is 12.2. The van der Waals surface area contributed by atoms with Gasteiger partial charge in [-0.15, -0.1) is 4.40 Å². The zero-order chi connectivity index (χ0) is 18.6. The molecule has 1 aromatic rings. The predicted octanol–water partition coefficient (Wildman–Crippen LogP) is 1.29. The van der Waals surface area contributed by atoms with Crippen LogP contribution >= 0.6 is 0 Å². The number of rotatable bonds is 6. The van der Waals surface area contributed by atoms with E-state index in [1.165, 1.54) is 0 Å². The molecule has 2 N–H and O–H groups in total. The molecule has 0 radical (unpaired) electrons. The molecule has 1 aromatic carbocycles. The molecule has 0 unspecified atom stereocenters. The first kappa shape index (κ1) is 18.8. The van der Waals surface area contributed by atoms with Crippen molar-refractivity contribution < 1.29 is 22.7 Å². The first-order valence-electron chi connectivity index (χ1n) is 7.52. The maximum atomic E-state index is 12.2. The number of hydrogen-bond acceptors (Lipinski definition) is 5. The third-order valence-electron chi connectivity index (χ3n) is 3.70. The number of allylic oxidation sites excluding steroid dienone is 1. The Labute approximate surface area is 147 Å². The summed E-state index contributed by atoms with van der Waals surface area (Å²) in [6.07, 6.45) is 0.0387. The fraction of sp³-hybridized carbons (Fsp3) is 0.375. The molecular formula is C16H21N3O5S. The molecule has 1 amide bonds. The van der Waals surface area contributed by atoms with E-state index in [2.05, 4.69) is 14.4 Å². The zero-order valence-electron chi connectivity index (χ0n) is 14.5. The Kier molecular flexibility index (Phi) is 5.68. The van der Waals surface area contributed by atoms with Gasteiger partial charge < -0.3 is 14.8 Å². The molecule has 0 aromatic heterocycles. The SMILES string of the molecule is COc1ccc(CNC(=O)CC2=C(C)NS(=O)(=O)N=C2C)cc1OC. The van der Waals surface area contributed by atoms with Crippen LogP contribution in [0, 0.1) is 0 Å². The quantitative estimate of drug-likeness (QED) is 0.788. The molecule has 0 atom stereocenters. The van der Waals surface area contributed by atoms with Crippen molar-refractivity contribution in [3.8, 4) is 11.5 Å². The third kappa shape index (κ3) is 4.72. The average molecular weight is 367 g/mol. The number of nitrogens with one attached hydrogen (secondary N) is 2. The molecule has 1 aliphatic heterocycles. The molecule has 1 heterocycles. The van der Waals surface area contributed by atoms with E-state index in [1.807, 2.05) is 6.07 Å². The number of benzene rings is 1. The van der Waals surface area contributed by atoms with E-state index in [0.717, 1.165) is 5.56 Å². The van der Waals surface area contributed by atoms with Gasteiger partial charge in [-0.3, -0.25) is 9.52 Å². The number of methoxy groups -OCH3 is 2. The molecule has 9 heteroatoms. The molecule has 0 spiro atoms. The Morgan fingerprint density at radius 2 is 1.88 bits per heavy atom. The van der Waals surface area contributed by atoms with Crippen molar-refractivity contribution in [3.05, 3.63) is 35.0 Å². The molecule has 2 rings (SSSR count). The van der Waals surface area contributed by atoms with Gasteiger partial charge in [0.2, 0.25) is 5.91 Å². The van der Waals surface area contributed by atoms with Crippen molar-refractivity contribution in [2.24, 2.45) is 4.40 Å². The minimum Gasteiger partial charge on any atom is -0.493 e. The molecule has 136 valence electrons. The van der Waals surface area contributed by atoms with Crippen LogP contribution in [0.25, 0.3) is 0 Å². The second-order valence-electron chi connectivity index (χ2n) is 5.50. The maximum absolute atomic E-state index is 12.2. The van der Waals surface area contributed by atoms with E-state index in [9.17, 15) is 13.2 Å². The van der Waals surface area contributed by atoms with E-state index in [-0.39, 0.29) is 12.3 Å². The predicted molar refractivity (Wildman–Crippen MR) is 93.9 cm³/mol. The van der Waals surface area contributed by atoms with Crippen LogP contribution in [-0.4, -0.2) is 34.3 Å². The van der Waals surface area contributed by atoms with Gasteiger partial charge in [-0.1, -0.05) is 6.07 Å². The highest BCUT2D eigenvalue weighted by Gasteiger charge is 2.22. The van der Waals surface area contributed by atoms with Gasteiger partial charge in [-0.25, -0.2) is 0 Å². The van der Waals surface area contributed by atoms with Crippen molar-refractivity contribution in [2.75, 3.05) is 14.2 Å². The molecule has 1 aliphatic rings. The van der Waals surface area contributed by atoms with Crippen molar-refractivity contribution in [1.29, 1.82) is 0 Å². The Morgan fingerprint density at radius 1 is 1.20 bits per heavy atom. The van der Waals surface area contributed by atoms with Crippen LogP contribution in [-0.2, 0) is 21.5 Å². The van der Waals surface area contributed by atoms with E-state index < -0.39 is 10.2 Å². The Hall–Kier alpha value is -2.55. The van der Waals surface area contributed by atoms with Crippen molar-refractivity contribution in [2.45, 2.75) is 26.8 Å². The van der Waals surface area contributed by atoms with Crippen molar-refractivity contribution >= 4 is 21.8 Å². The summed E-state index contributed by atoms with van der Waals surface area (Å²) < 4.78 is 39.2. The van der Waals surface area contributed by atoms with Crippen LogP contribution in [0.1, 0.15) is 25.8 Å². The molecule has 25 heavy (non-hydrogen) atoms. The fourth-order valence-corrected chi connectivity index (χ4v) is 3.49. The number of amides is 1. The summed E-state index contributed by atoms with van der Waals surface area (Å²) in [5, 5.41) is 2.80. The summed E-state index contributed by atoms with van der Waals surface area (Å²) in [6, 6.07) is 5.37. The van der Waals surface area contributed by atoms with Gasteiger partial charge in [0, 0.05) is 17.8 Å². The van der Waals surface area contributed by atoms with Gasteiger partial charge in [-0.05, 0) is 31.5 Å². The Balaban J connectivity index is 2.01. The summed E-state index contributed by atoms with van der Waals surface area (Å²) in [6.45, 7) is 3.49. The summed E-state index contributed by atoms with van der Waals surface area (Å²) in [7, 11) is -0.600. The van der Waals surface area contributed by atoms with E-state index in [0.29, 0.717) is 35.0 Å². The lowest BCUT2D eigenvalue weighted by molar-refractivity contribution is -0.120. The Morgan fingerprint density at radius 3 is 2.48 bits per heavy atom. The molecule has 0 saturated carbocycles. The lowest BCUT2D eigenvalue weighted by atomic mass is 10.1. The zero-order valence-corrected chi connectivity index (χ0v) is 15.4. The largest absolute Gasteiger partial charge is 0.493 e. The van der Waals surface area contributed by atoms with Gasteiger partial charge in [0.15, 0.2) is 11.5 Å². The number of hydrogen-bond donors (Lipinski definition) is 2. The summed E-state index contributed by atoms with van der Waals surface area (Å²) in [5.41, 5.74) is 2.15. The molecule has 0 saturated heterocycles. The lowest BCUT2D eigenvalue weighted by Crippen LogP contribution is -2.31. The van der Waals surface area contributed by atoms with E-state index in [1.54, 1.807) is 40.2 Å². The fourth-order valence-electron chi connectivity index (χ4n) is 2.46. The number of carbonyl (C=O) groups is 1. The van der Waals surface area contributed by atoms with Gasteiger partial charge in [0.05, 0.1) is 26.4 Å². The summed E-state index contributed by atoms with van der Waals surface area (Å²) >= 11 is 0. The highest BCUT2D eigenvalue weighted by molar-refractivity contribution is 7.88.